The van der Waals surface area contributed by atoms with Gasteiger partial charge in [-0.15, -0.1) is 0 Å². The van der Waals surface area contributed by atoms with Crippen molar-refractivity contribution in [3.63, 3.8) is 0 Å². The van der Waals surface area contributed by atoms with E-state index in [9.17, 15) is 4.79 Å². The molecule has 0 bridgehead atoms. The molecule has 27 heavy (non-hydrogen) atoms. The topological polar surface area (TPSA) is 59.8 Å². The Hall–Kier alpha value is -3.21. The Bertz CT molecular complexity index is 1190. The molecule has 0 spiro atoms. The third-order valence-corrected chi connectivity index (χ3v) is 5.14. The maximum Gasteiger partial charge on any atom is 0.251 e. The van der Waals surface area contributed by atoms with Crippen LogP contribution in [0.1, 0.15) is 33.0 Å². The highest BCUT2D eigenvalue weighted by atomic mass is 16.1. The molecule has 0 saturated carbocycles. The summed E-state index contributed by atoms with van der Waals surface area (Å²) < 4.78 is 2.16. The molecule has 2 heterocycles. The minimum absolute atomic E-state index is 0.110. The summed E-state index contributed by atoms with van der Waals surface area (Å²) in [7, 11) is 2.06. The molecule has 136 valence electrons. The van der Waals surface area contributed by atoms with Gasteiger partial charge in [0.15, 0.2) is 0 Å². The summed E-state index contributed by atoms with van der Waals surface area (Å²) >= 11 is 0. The minimum atomic E-state index is -0.110. The second kappa shape index (κ2) is 6.50. The average molecular weight is 358 g/mol. The number of hydrogen-bond acceptors (Lipinski definition) is 3. The quantitative estimate of drug-likeness (QED) is 0.603. The number of aryl methyl sites for hydroxylation is 4. The van der Waals surface area contributed by atoms with Gasteiger partial charge in [0.05, 0.1) is 22.4 Å². The molecule has 2 aromatic carbocycles. The van der Waals surface area contributed by atoms with E-state index in [1.165, 1.54) is 16.6 Å². The summed E-state index contributed by atoms with van der Waals surface area (Å²) in [5.74, 6) is -0.110. The van der Waals surface area contributed by atoms with E-state index in [0.29, 0.717) is 12.1 Å². The average Bonchev–Trinajstić information content (AvgIpc) is 2.94. The van der Waals surface area contributed by atoms with Gasteiger partial charge in [0.2, 0.25) is 0 Å². The Morgan fingerprint density at radius 2 is 1.70 bits per heavy atom. The predicted molar refractivity (Wildman–Crippen MR) is 108 cm³/mol. The van der Waals surface area contributed by atoms with Gasteiger partial charge < -0.3 is 9.88 Å². The number of carbonyl (C=O) groups excluding carboxylic acids is 1. The molecule has 5 heteroatoms. The van der Waals surface area contributed by atoms with E-state index in [-0.39, 0.29) is 5.91 Å². The largest absolute Gasteiger partial charge is 0.348 e. The molecule has 0 atom stereocenters. The Morgan fingerprint density at radius 1 is 0.963 bits per heavy atom. The zero-order valence-electron chi connectivity index (χ0n) is 16.0. The summed E-state index contributed by atoms with van der Waals surface area (Å²) in [4.78, 5) is 21.6. The lowest BCUT2D eigenvalue weighted by molar-refractivity contribution is 0.0951. The van der Waals surface area contributed by atoms with Crippen LogP contribution in [0.25, 0.3) is 21.9 Å². The Labute approximate surface area is 158 Å². The van der Waals surface area contributed by atoms with E-state index in [2.05, 4.69) is 58.1 Å². The third kappa shape index (κ3) is 3.16. The fraction of sp³-hybridized carbons (Fsp3) is 0.227. The Morgan fingerprint density at radius 3 is 2.48 bits per heavy atom. The van der Waals surface area contributed by atoms with Crippen molar-refractivity contribution in [3.05, 3.63) is 70.7 Å². The highest BCUT2D eigenvalue weighted by Crippen LogP contribution is 2.20. The summed E-state index contributed by atoms with van der Waals surface area (Å²) in [5, 5.41) is 4.19. The second-order valence-corrected chi connectivity index (χ2v) is 7.02. The van der Waals surface area contributed by atoms with Crippen LogP contribution < -0.4 is 5.32 Å². The normalized spacial score (nSPS) is 11.3. The van der Waals surface area contributed by atoms with Gasteiger partial charge in [-0.2, -0.15) is 0 Å². The summed E-state index contributed by atoms with van der Waals surface area (Å²) in [6, 6.07) is 13.9. The fourth-order valence-electron chi connectivity index (χ4n) is 3.30. The predicted octanol–water partition coefficient (Wildman–Crippen LogP) is 3.98. The molecule has 0 fully saturated rings. The summed E-state index contributed by atoms with van der Waals surface area (Å²) in [5.41, 5.74) is 7.42. The number of amides is 1. The first kappa shape index (κ1) is 17.2. The number of rotatable bonds is 3. The number of fused-ring (bicyclic) bond motifs is 2. The van der Waals surface area contributed by atoms with E-state index in [4.69, 9.17) is 0 Å². The van der Waals surface area contributed by atoms with Gasteiger partial charge in [0.1, 0.15) is 0 Å². The van der Waals surface area contributed by atoms with Gasteiger partial charge >= 0.3 is 0 Å². The molecule has 0 aliphatic carbocycles. The number of nitrogens with zero attached hydrogens (tertiary/aromatic N) is 3. The first-order valence-electron chi connectivity index (χ1n) is 9.00. The van der Waals surface area contributed by atoms with Gasteiger partial charge in [0.25, 0.3) is 5.91 Å². The molecule has 0 aliphatic heterocycles. The second-order valence-electron chi connectivity index (χ2n) is 7.02. The van der Waals surface area contributed by atoms with E-state index in [0.717, 1.165) is 28.0 Å². The van der Waals surface area contributed by atoms with Crippen molar-refractivity contribution in [2.24, 2.45) is 7.05 Å². The van der Waals surface area contributed by atoms with Crippen molar-refractivity contribution in [1.82, 2.24) is 19.9 Å². The van der Waals surface area contributed by atoms with Crippen LogP contribution >= 0.6 is 0 Å². The lowest BCUT2D eigenvalue weighted by Crippen LogP contribution is -2.22. The molecule has 4 rings (SSSR count). The molecule has 0 aliphatic rings. The van der Waals surface area contributed by atoms with Crippen LogP contribution in [0.3, 0.4) is 0 Å². The van der Waals surface area contributed by atoms with Crippen LogP contribution in [0.5, 0.6) is 0 Å². The van der Waals surface area contributed by atoms with Crippen molar-refractivity contribution >= 4 is 27.8 Å². The van der Waals surface area contributed by atoms with Crippen molar-refractivity contribution in [3.8, 4) is 0 Å². The molecule has 4 aromatic rings. The maximum absolute atomic E-state index is 12.6. The van der Waals surface area contributed by atoms with E-state index in [1.807, 2.05) is 19.9 Å². The van der Waals surface area contributed by atoms with Crippen molar-refractivity contribution in [2.45, 2.75) is 27.3 Å². The number of hydrogen-bond donors (Lipinski definition) is 1. The highest BCUT2D eigenvalue weighted by molar-refractivity contribution is 5.97. The van der Waals surface area contributed by atoms with Crippen LogP contribution in [-0.2, 0) is 13.6 Å². The SMILES string of the molecule is Cc1nc2ccc(C(=O)NCc3ccc4c(c3)cc(C)n4C)cc2nc1C. The lowest BCUT2D eigenvalue weighted by atomic mass is 10.1. The number of aromatic nitrogens is 3. The first-order chi connectivity index (χ1) is 12.9. The fourth-order valence-corrected chi connectivity index (χ4v) is 3.30. The minimum Gasteiger partial charge on any atom is -0.348 e. The van der Waals surface area contributed by atoms with Crippen LogP contribution in [0.2, 0.25) is 0 Å². The zero-order valence-corrected chi connectivity index (χ0v) is 16.0. The van der Waals surface area contributed by atoms with Crippen molar-refractivity contribution in [2.75, 3.05) is 0 Å². The smallest absolute Gasteiger partial charge is 0.251 e. The Kier molecular flexibility index (Phi) is 4.15. The van der Waals surface area contributed by atoms with Gasteiger partial charge in [-0.05, 0) is 62.7 Å². The highest BCUT2D eigenvalue weighted by Gasteiger charge is 2.09. The van der Waals surface area contributed by atoms with Crippen LogP contribution in [-0.4, -0.2) is 20.4 Å². The van der Waals surface area contributed by atoms with E-state index >= 15 is 0 Å². The zero-order chi connectivity index (χ0) is 19.1. The summed E-state index contributed by atoms with van der Waals surface area (Å²) in [6.45, 7) is 6.44. The van der Waals surface area contributed by atoms with E-state index in [1.54, 1.807) is 12.1 Å². The number of nitrogens with one attached hydrogen (secondary N) is 1. The molecule has 0 radical (unpaired) electrons. The lowest BCUT2D eigenvalue weighted by Gasteiger charge is -2.08. The molecule has 0 unspecified atom stereocenters. The van der Waals surface area contributed by atoms with Crippen LogP contribution in [0.15, 0.2) is 42.5 Å². The van der Waals surface area contributed by atoms with E-state index < -0.39 is 0 Å². The first-order valence-corrected chi connectivity index (χ1v) is 9.00. The maximum atomic E-state index is 12.6. The van der Waals surface area contributed by atoms with Crippen molar-refractivity contribution in [1.29, 1.82) is 0 Å². The molecule has 0 saturated heterocycles. The van der Waals surface area contributed by atoms with Gasteiger partial charge in [-0.25, -0.2) is 9.97 Å². The summed E-state index contributed by atoms with van der Waals surface area (Å²) in [6.07, 6.45) is 0. The van der Waals surface area contributed by atoms with Gasteiger partial charge in [-0.3, -0.25) is 4.79 Å². The molecule has 5 nitrogen and oxygen atoms in total. The molecular weight excluding hydrogens is 336 g/mol. The third-order valence-electron chi connectivity index (χ3n) is 5.14. The van der Waals surface area contributed by atoms with Gasteiger partial charge in [0, 0.05) is 35.8 Å². The number of benzene rings is 2. The molecule has 1 amide bonds. The molecule has 1 N–H and O–H groups in total. The standard InChI is InChI=1S/C22H22N4O/c1-13-9-18-10-16(5-8-21(18)26(13)4)12-23-22(27)17-6-7-19-20(11-17)25-15(3)14(2)24-19/h5-11H,12H2,1-4H3,(H,23,27). The molecular formula is C22H22N4O. The molecule has 2 aromatic heterocycles. The number of carbonyl (C=O) groups is 1. The Balaban J connectivity index is 1.53. The monoisotopic (exact) mass is 358 g/mol. The van der Waals surface area contributed by atoms with Crippen LogP contribution in [0, 0.1) is 20.8 Å². The van der Waals surface area contributed by atoms with Gasteiger partial charge in [-0.1, -0.05) is 6.07 Å². The van der Waals surface area contributed by atoms with Crippen molar-refractivity contribution < 1.29 is 4.79 Å². The van der Waals surface area contributed by atoms with Crippen LogP contribution in [0.4, 0.5) is 0 Å².